The van der Waals surface area contributed by atoms with Crippen LogP contribution in [0.3, 0.4) is 0 Å². The third-order valence-corrected chi connectivity index (χ3v) is 5.53. The van der Waals surface area contributed by atoms with Gasteiger partial charge in [-0.2, -0.15) is 0 Å². The molecule has 2 aliphatic heterocycles. The van der Waals surface area contributed by atoms with Gasteiger partial charge in [0.05, 0.1) is 0 Å². The number of carbonyl (C=O) groups is 1. The van der Waals surface area contributed by atoms with Gasteiger partial charge in [0.1, 0.15) is 11.9 Å². The highest BCUT2D eigenvalue weighted by molar-refractivity contribution is 5.76. The first-order valence-corrected chi connectivity index (χ1v) is 9.42. The van der Waals surface area contributed by atoms with Gasteiger partial charge in [-0.1, -0.05) is 25.1 Å². The molecule has 4 nitrogen and oxygen atoms in total. The van der Waals surface area contributed by atoms with Crippen molar-refractivity contribution in [2.75, 3.05) is 26.2 Å². The SMILES string of the molecule is CC(CC(=O)N1CCC(Oc2ccccc2)CC1)C1CCNCC1. The van der Waals surface area contributed by atoms with Crippen molar-refractivity contribution in [3.05, 3.63) is 30.3 Å². The number of carbonyl (C=O) groups excluding carboxylic acids is 1. The van der Waals surface area contributed by atoms with E-state index < -0.39 is 0 Å². The predicted molar refractivity (Wildman–Crippen MR) is 96.0 cm³/mol. The van der Waals surface area contributed by atoms with E-state index in [9.17, 15) is 4.79 Å². The number of piperidine rings is 2. The van der Waals surface area contributed by atoms with E-state index in [4.69, 9.17) is 4.74 Å². The minimum Gasteiger partial charge on any atom is -0.490 e. The summed E-state index contributed by atoms with van der Waals surface area (Å²) < 4.78 is 6.01. The van der Waals surface area contributed by atoms with Crippen molar-refractivity contribution in [3.63, 3.8) is 0 Å². The molecule has 3 rings (SSSR count). The van der Waals surface area contributed by atoms with Crippen molar-refractivity contribution in [3.8, 4) is 5.75 Å². The zero-order valence-corrected chi connectivity index (χ0v) is 14.7. The maximum absolute atomic E-state index is 12.6. The van der Waals surface area contributed by atoms with Gasteiger partial charge in [0, 0.05) is 32.4 Å². The Kier molecular flexibility index (Phi) is 6.13. The third kappa shape index (κ3) is 4.73. The van der Waals surface area contributed by atoms with Crippen molar-refractivity contribution in [2.24, 2.45) is 11.8 Å². The van der Waals surface area contributed by atoms with Crippen LogP contribution in [-0.2, 0) is 4.79 Å². The molecule has 1 aromatic rings. The first-order valence-electron chi connectivity index (χ1n) is 9.42. The van der Waals surface area contributed by atoms with Crippen LogP contribution in [0.5, 0.6) is 5.75 Å². The number of rotatable bonds is 5. The topological polar surface area (TPSA) is 41.6 Å². The summed E-state index contributed by atoms with van der Waals surface area (Å²) in [5.41, 5.74) is 0. The largest absolute Gasteiger partial charge is 0.490 e. The third-order valence-electron chi connectivity index (χ3n) is 5.53. The molecule has 2 heterocycles. The van der Waals surface area contributed by atoms with Gasteiger partial charge in [0.15, 0.2) is 0 Å². The molecule has 0 saturated carbocycles. The van der Waals surface area contributed by atoms with Crippen LogP contribution in [0.25, 0.3) is 0 Å². The molecular formula is C20H30N2O2. The van der Waals surface area contributed by atoms with Gasteiger partial charge >= 0.3 is 0 Å². The fourth-order valence-corrected chi connectivity index (χ4v) is 3.90. The second-order valence-corrected chi connectivity index (χ2v) is 7.28. The van der Waals surface area contributed by atoms with E-state index in [2.05, 4.69) is 12.2 Å². The number of para-hydroxylation sites is 1. The first-order chi connectivity index (χ1) is 11.7. The van der Waals surface area contributed by atoms with Gasteiger partial charge in [0.2, 0.25) is 5.91 Å². The van der Waals surface area contributed by atoms with Crippen molar-refractivity contribution < 1.29 is 9.53 Å². The lowest BCUT2D eigenvalue weighted by atomic mass is 9.84. The molecule has 0 aromatic heterocycles. The van der Waals surface area contributed by atoms with Crippen LogP contribution in [0.4, 0.5) is 0 Å². The Morgan fingerprint density at radius 2 is 1.83 bits per heavy atom. The lowest BCUT2D eigenvalue weighted by Crippen LogP contribution is -2.43. The summed E-state index contributed by atoms with van der Waals surface area (Å²) in [5.74, 6) is 2.47. The van der Waals surface area contributed by atoms with Gasteiger partial charge < -0.3 is 15.0 Å². The summed E-state index contributed by atoms with van der Waals surface area (Å²) in [6.45, 7) is 6.11. The molecule has 1 unspecified atom stereocenters. The van der Waals surface area contributed by atoms with Crippen LogP contribution in [0.2, 0.25) is 0 Å². The number of nitrogens with zero attached hydrogens (tertiary/aromatic N) is 1. The fraction of sp³-hybridized carbons (Fsp3) is 0.650. The van der Waals surface area contributed by atoms with Crippen molar-refractivity contribution in [2.45, 2.75) is 45.1 Å². The summed E-state index contributed by atoms with van der Waals surface area (Å²) >= 11 is 0. The molecule has 132 valence electrons. The molecule has 4 heteroatoms. The Bertz CT molecular complexity index is 506. The average molecular weight is 330 g/mol. The molecule has 1 atom stereocenters. The Hall–Kier alpha value is -1.55. The number of amides is 1. The molecular weight excluding hydrogens is 300 g/mol. The zero-order chi connectivity index (χ0) is 16.8. The zero-order valence-electron chi connectivity index (χ0n) is 14.7. The summed E-state index contributed by atoms with van der Waals surface area (Å²) in [4.78, 5) is 14.6. The minimum absolute atomic E-state index is 0.235. The van der Waals surface area contributed by atoms with Gasteiger partial charge in [-0.15, -0.1) is 0 Å². The van der Waals surface area contributed by atoms with E-state index in [1.807, 2.05) is 35.2 Å². The Balaban J connectivity index is 1.41. The van der Waals surface area contributed by atoms with Crippen LogP contribution in [0, 0.1) is 11.8 Å². The lowest BCUT2D eigenvalue weighted by Gasteiger charge is -2.34. The van der Waals surface area contributed by atoms with Crippen molar-refractivity contribution in [1.29, 1.82) is 0 Å². The molecule has 2 fully saturated rings. The molecule has 0 spiro atoms. The smallest absolute Gasteiger partial charge is 0.222 e. The number of hydrogen-bond donors (Lipinski definition) is 1. The van der Waals surface area contributed by atoms with Crippen molar-refractivity contribution >= 4 is 5.91 Å². The molecule has 0 bridgehead atoms. The molecule has 2 saturated heterocycles. The Morgan fingerprint density at radius 1 is 1.17 bits per heavy atom. The van der Waals surface area contributed by atoms with Gasteiger partial charge in [0.25, 0.3) is 0 Å². The lowest BCUT2D eigenvalue weighted by molar-refractivity contribution is -0.134. The molecule has 1 aromatic carbocycles. The van der Waals surface area contributed by atoms with E-state index in [-0.39, 0.29) is 6.10 Å². The summed E-state index contributed by atoms with van der Waals surface area (Å²) in [6, 6.07) is 9.99. The maximum Gasteiger partial charge on any atom is 0.222 e. The second kappa shape index (κ2) is 8.52. The summed E-state index contributed by atoms with van der Waals surface area (Å²) in [6.07, 6.45) is 5.22. The minimum atomic E-state index is 0.235. The number of ether oxygens (including phenoxy) is 1. The normalized spacial score (nSPS) is 21.5. The van der Waals surface area contributed by atoms with E-state index in [1.165, 1.54) is 12.8 Å². The highest BCUT2D eigenvalue weighted by Crippen LogP contribution is 2.26. The number of nitrogens with one attached hydrogen (secondary N) is 1. The standard InChI is InChI=1S/C20H30N2O2/c1-16(17-7-11-21-12-8-17)15-20(23)22-13-9-19(10-14-22)24-18-5-3-2-4-6-18/h2-6,16-17,19,21H,7-15H2,1H3. The predicted octanol–water partition coefficient (Wildman–Crippen LogP) is 3.08. The van der Waals surface area contributed by atoms with E-state index >= 15 is 0 Å². The monoisotopic (exact) mass is 330 g/mol. The number of likely N-dealkylation sites (tertiary alicyclic amines) is 1. The molecule has 0 aliphatic carbocycles. The summed E-state index contributed by atoms with van der Waals surface area (Å²) in [7, 11) is 0. The molecule has 2 aliphatic rings. The summed E-state index contributed by atoms with van der Waals surface area (Å²) in [5, 5.41) is 3.40. The van der Waals surface area contributed by atoms with Gasteiger partial charge in [-0.3, -0.25) is 4.79 Å². The van der Waals surface area contributed by atoms with Crippen LogP contribution < -0.4 is 10.1 Å². The molecule has 24 heavy (non-hydrogen) atoms. The van der Waals surface area contributed by atoms with E-state index in [0.717, 1.165) is 44.8 Å². The number of benzene rings is 1. The number of hydrogen-bond acceptors (Lipinski definition) is 3. The molecule has 1 N–H and O–H groups in total. The van der Waals surface area contributed by atoms with Crippen LogP contribution >= 0.6 is 0 Å². The maximum atomic E-state index is 12.6. The van der Waals surface area contributed by atoms with E-state index in [0.29, 0.717) is 24.2 Å². The van der Waals surface area contributed by atoms with Crippen LogP contribution in [-0.4, -0.2) is 43.1 Å². The molecule has 1 amide bonds. The van der Waals surface area contributed by atoms with Crippen LogP contribution in [0.15, 0.2) is 30.3 Å². The van der Waals surface area contributed by atoms with Crippen molar-refractivity contribution in [1.82, 2.24) is 10.2 Å². The van der Waals surface area contributed by atoms with E-state index in [1.54, 1.807) is 0 Å². The average Bonchev–Trinajstić information content (AvgIpc) is 2.64. The quantitative estimate of drug-likeness (QED) is 0.902. The Morgan fingerprint density at radius 3 is 2.50 bits per heavy atom. The fourth-order valence-electron chi connectivity index (χ4n) is 3.90. The molecule has 0 radical (unpaired) electrons. The van der Waals surface area contributed by atoms with Gasteiger partial charge in [-0.05, 0) is 49.9 Å². The highest BCUT2D eigenvalue weighted by Gasteiger charge is 2.27. The van der Waals surface area contributed by atoms with Crippen LogP contribution in [0.1, 0.15) is 39.0 Å². The Labute approximate surface area is 145 Å². The van der Waals surface area contributed by atoms with Gasteiger partial charge in [-0.25, -0.2) is 0 Å². The second-order valence-electron chi connectivity index (χ2n) is 7.28. The first kappa shape index (κ1) is 17.3. The highest BCUT2D eigenvalue weighted by atomic mass is 16.5.